The zero-order valence-corrected chi connectivity index (χ0v) is 14.0. The van der Waals surface area contributed by atoms with E-state index in [0.717, 1.165) is 17.1 Å². The molecule has 3 rings (SSSR count). The van der Waals surface area contributed by atoms with Crippen molar-refractivity contribution in [2.24, 2.45) is 0 Å². The van der Waals surface area contributed by atoms with E-state index in [1.54, 1.807) is 0 Å². The number of hydrogen-bond donors (Lipinski definition) is 3. The first kappa shape index (κ1) is 14.6. The Labute approximate surface area is 135 Å². The zero-order valence-electron chi connectivity index (χ0n) is 12.1. The van der Waals surface area contributed by atoms with Gasteiger partial charge in [-0.3, -0.25) is 0 Å². The minimum absolute atomic E-state index is 0.785. The summed E-state index contributed by atoms with van der Waals surface area (Å²) in [6, 6.07) is 24.5. The normalized spacial score (nSPS) is 10.8. The molecule has 0 bridgehead atoms. The van der Waals surface area contributed by atoms with Crippen molar-refractivity contribution in [2.45, 2.75) is 0 Å². The van der Waals surface area contributed by atoms with Crippen LogP contribution in [0.5, 0.6) is 0 Å². The van der Waals surface area contributed by atoms with Crippen LogP contribution in [0.1, 0.15) is 0 Å². The quantitative estimate of drug-likeness (QED) is 0.486. The van der Waals surface area contributed by atoms with Crippen LogP contribution in [-0.2, 0) is 0 Å². The third-order valence-electron chi connectivity index (χ3n) is 3.45. The van der Waals surface area contributed by atoms with Crippen LogP contribution >= 0.6 is 0 Å². The van der Waals surface area contributed by atoms with Crippen molar-refractivity contribution < 1.29 is 0 Å². The molecule has 0 unspecified atom stereocenters. The molecular formula is C18H18AsN3. The van der Waals surface area contributed by atoms with Crippen LogP contribution in [0.3, 0.4) is 0 Å². The van der Waals surface area contributed by atoms with Gasteiger partial charge in [-0.15, -0.1) is 0 Å². The first-order valence-corrected chi connectivity index (χ1v) is 9.82. The molecule has 3 aromatic rings. The second kappa shape index (κ2) is 6.16. The molecule has 0 aliphatic heterocycles. The van der Waals surface area contributed by atoms with E-state index < -0.39 is 14.7 Å². The van der Waals surface area contributed by atoms with Crippen molar-refractivity contribution in [2.75, 3.05) is 17.2 Å². The summed E-state index contributed by atoms with van der Waals surface area (Å²) >= 11 is -1.62. The van der Waals surface area contributed by atoms with Gasteiger partial charge in [0.2, 0.25) is 0 Å². The Morgan fingerprint density at radius 1 is 0.409 bits per heavy atom. The first-order chi connectivity index (χ1) is 10.6. The predicted octanol–water partition coefficient (Wildman–Crippen LogP) is 0.949. The molecule has 0 radical (unpaired) electrons. The van der Waals surface area contributed by atoms with Gasteiger partial charge in [0, 0.05) is 0 Å². The van der Waals surface area contributed by atoms with Gasteiger partial charge in [0.1, 0.15) is 0 Å². The fourth-order valence-corrected chi connectivity index (χ4v) is 7.01. The second-order valence-electron chi connectivity index (χ2n) is 5.11. The molecule has 110 valence electrons. The molecule has 0 amide bonds. The Balaban J connectivity index is 2.10. The van der Waals surface area contributed by atoms with Gasteiger partial charge in [0.15, 0.2) is 0 Å². The van der Waals surface area contributed by atoms with Crippen molar-refractivity contribution in [3.05, 3.63) is 72.8 Å². The number of anilines is 3. The van der Waals surface area contributed by atoms with Crippen LogP contribution in [0.15, 0.2) is 72.8 Å². The summed E-state index contributed by atoms with van der Waals surface area (Å²) in [4.78, 5) is 0. The van der Waals surface area contributed by atoms with Crippen LogP contribution < -0.4 is 30.3 Å². The Morgan fingerprint density at radius 3 is 0.864 bits per heavy atom. The topological polar surface area (TPSA) is 78.1 Å². The van der Waals surface area contributed by atoms with E-state index in [9.17, 15) is 0 Å². The van der Waals surface area contributed by atoms with E-state index in [1.165, 1.54) is 13.1 Å². The van der Waals surface area contributed by atoms with Crippen molar-refractivity contribution in [1.82, 2.24) is 0 Å². The summed E-state index contributed by atoms with van der Waals surface area (Å²) < 4.78 is 3.99. The van der Waals surface area contributed by atoms with Gasteiger partial charge in [-0.1, -0.05) is 0 Å². The van der Waals surface area contributed by atoms with Crippen LogP contribution in [0, 0.1) is 0 Å². The molecule has 0 heterocycles. The minimum atomic E-state index is -1.62. The standard InChI is InChI=1S/C18H18AsN3/c20-16-7-1-13(2-8-16)19(14-3-9-17(21)10-4-14)15-5-11-18(22)12-6-15/h1-12H,20-22H2. The molecule has 0 saturated carbocycles. The molecule has 3 aromatic carbocycles. The Hall–Kier alpha value is -2.38. The summed E-state index contributed by atoms with van der Waals surface area (Å²) in [5.41, 5.74) is 19.8. The molecule has 22 heavy (non-hydrogen) atoms. The Morgan fingerprint density at radius 2 is 0.636 bits per heavy atom. The van der Waals surface area contributed by atoms with E-state index in [0.29, 0.717) is 0 Å². The van der Waals surface area contributed by atoms with Gasteiger partial charge in [0.05, 0.1) is 0 Å². The summed E-state index contributed by atoms with van der Waals surface area (Å²) in [5.74, 6) is 0. The SMILES string of the molecule is Nc1ccc([As](c2ccc(N)cc2)c2ccc(N)cc2)cc1. The van der Waals surface area contributed by atoms with Crippen molar-refractivity contribution >= 4 is 44.8 Å². The summed E-state index contributed by atoms with van der Waals surface area (Å²) in [6.07, 6.45) is 0. The molecular weight excluding hydrogens is 333 g/mol. The van der Waals surface area contributed by atoms with Crippen LogP contribution in [0.25, 0.3) is 0 Å². The Kier molecular flexibility index (Phi) is 4.08. The van der Waals surface area contributed by atoms with Gasteiger partial charge in [0.25, 0.3) is 0 Å². The average Bonchev–Trinajstić information content (AvgIpc) is 2.53. The average molecular weight is 351 g/mol. The van der Waals surface area contributed by atoms with E-state index in [-0.39, 0.29) is 0 Å². The molecule has 0 aliphatic carbocycles. The number of nitrogens with two attached hydrogens (primary N) is 3. The number of nitrogen functional groups attached to an aromatic ring is 3. The number of hydrogen-bond acceptors (Lipinski definition) is 3. The molecule has 0 atom stereocenters. The molecule has 0 fully saturated rings. The maximum absolute atomic E-state index is 5.83. The molecule has 0 aromatic heterocycles. The van der Waals surface area contributed by atoms with Crippen molar-refractivity contribution in [1.29, 1.82) is 0 Å². The van der Waals surface area contributed by atoms with E-state index in [2.05, 4.69) is 36.4 Å². The molecule has 0 spiro atoms. The molecule has 0 aliphatic rings. The van der Waals surface area contributed by atoms with E-state index in [4.69, 9.17) is 17.2 Å². The van der Waals surface area contributed by atoms with Crippen LogP contribution in [-0.4, -0.2) is 14.7 Å². The predicted molar refractivity (Wildman–Crippen MR) is 97.2 cm³/mol. The van der Waals surface area contributed by atoms with Gasteiger partial charge < -0.3 is 0 Å². The third-order valence-corrected chi connectivity index (χ3v) is 8.58. The molecule has 0 saturated heterocycles. The maximum atomic E-state index is 5.83. The zero-order chi connectivity index (χ0) is 15.5. The molecule has 3 nitrogen and oxygen atoms in total. The van der Waals surface area contributed by atoms with Gasteiger partial charge >= 0.3 is 135 Å². The van der Waals surface area contributed by atoms with Crippen molar-refractivity contribution in [3.63, 3.8) is 0 Å². The first-order valence-electron chi connectivity index (χ1n) is 7.00. The van der Waals surface area contributed by atoms with E-state index in [1.807, 2.05) is 36.4 Å². The second-order valence-corrected chi connectivity index (χ2v) is 9.77. The summed E-state index contributed by atoms with van der Waals surface area (Å²) in [6.45, 7) is 0. The molecule has 6 N–H and O–H groups in total. The molecule has 4 heteroatoms. The summed E-state index contributed by atoms with van der Waals surface area (Å²) in [5, 5.41) is 0. The van der Waals surface area contributed by atoms with Crippen LogP contribution in [0.4, 0.5) is 17.1 Å². The van der Waals surface area contributed by atoms with Gasteiger partial charge in [-0.05, 0) is 0 Å². The van der Waals surface area contributed by atoms with E-state index >= 15 is 0 Å². The van der Waals surface area contributed by atoms with Crippen molar-refractivity contribution in [3.8, 4) is 0 Å². The summed E-state index contributed by atoms with van der Waals surface area (Å²) in [7, 11) is 0. The number of benzene rings is 3. The number of rotatable bonds is 3. The monoisotopic (exact) mass is 351 g/mol. The fraction of sp³-hybridized carbons (Fsp3) is 0. The van der Waals surface area contributed by atoms with Gasteiger partial charge in [-0.25, -0.2) is 0 Å². The fourth-order valence-electron chi connectivity index (χ4n) is 2.32. The Bertz CT molecular complexity index is 642. The van der Waals surface area contributed by atoms with Crippen LogP contribution in [0.2, 0.25) is 0 Å². The van der Waals surface area contributed by atoms with Gasteiger partial charge in [-0.2, -0.15) is 0 Å². The third kappa shape index (κ3) is 3.10.